The van der Waals surface area contributed by atoms with Crippen molar-refractivity contribution < 1.29 is 4.39 Å². The van der Waals surface area contributed by atoms with Gasteiger partial charge in [-0.3, -0.25) is 0 Å². The van der Waals surface area contributed by atoms with Crippen molar-refractivity contribution in [3.63, 3.8) is 0 Å². The molecule has 2 rings (SSSR count). The molecule has 0 radical (unpaired) electrons. The summed E-state index contributed by atoms with van der Waals surface area (Å²) in [5.41, 5.74) is 1.81. The molecule has 1 fully saturated rings. The number of nitrogens with one attached hydrogen (secondary N) is 1. The van der Waals surface area contributed by atoms with Gasteiger partial charge in [0.1, 0.15) is 5.82 Å². The first kappa shape index (κ1) is 11.4. The summed E-state index contributed by atoms with van der Waals surface area (Å²) in [5.74, 6) is 0.410. The Hall–Kier alpha value is -1.09. The minimum Gasteiger partial charge on any atom is -0.375 e. The summed E-state index contributed by atoms with van der Waals surface area (Å²) in [5, 5.41) is 3.33. The molecule has 0 aliphatic carbocycles. The van der Waals surface area contributed by atoms with E-state index in [1.165, 1.54) is 0 Å². The fourth-order valence-corrected chi connectivity index (χ4v) is 2.30. The molecule has 1 aliphatic heterocycles. The monoisotopic (exact) mass is 222 g/mol. The van der Waals surface area contributed by atoms with Gasteiger partial charge in [0.15, 0.2) is 0 Å². The zero-order valence-electron chi connectivity index (χ0n) is 9.96. The average molecular weight is 222 g/mol. The van der Waals surface area contributed by atoms with Gasteiger partial charge in [0.2, 0.25) is 0 Å². The van der Waals surface area contributed by atoms with Gasteiger partial charge in [-0.15, -0.1) is 0 Å². The van der Waals surface area contributed by atoms with Crippen LogP contribution in [0.1, 0.15) is 24.3 Å². The van der Waals surface area contributed by atoms with E-state index in [4.69, 9.17) is 0 Å². The van der Waals surface area contributed by atoms with E-state index in [0.717, 1.165) is 31.5 Å². The molecule has 1 N–H and O–H groups in total. The molecule has 1 saturated heterocycles. The Kier molecular flexibility index (Phi) is 3.44. The lowest BCUT2D eigenvalue weighted by Crippen LogP contribution is -2.26. The van der Waals surface area contributed by atoms with E-state index < -0.39 is 0 Å². The lowest BCUT2D eigenvalue weighted by Gasteiger charge is -2.24. The minimum atomic E-state index is -0.110. The first-order chi connectivity index (χ1) is 7.68. The van der Waals surface area contributed by atoms with E-state index in [-0.39, 0.29) is 5.82 Å². The van der Waals surface area contributed by atoms with Gasteiger partial charge in [-0.25, -0.2) is 4.39 Å². The molecule has 0 unspecified atom stereocenters. The maximum atomic E-state index is 13.8. The van der Waals surface area contributed by atoms with E-state index >= 15 is 0 Å². The summed E-state index contributed by atoms with van der Waals surface area (Å²) in [6, 6.07) is 5.65. The number of hydrogen-bond donors (Lipinski definition) is 1. The summed E-state index contributed by atoms with van der Waals surface area (Å²) in [4.78, 5) is 1.81. The molecule has 3 heteroatoms. The van der Waals surface area contributed by atoms with Crippen LogP contribution in [0.25, 0.3) is 0 Å². The van der Waals surface area contributed by atoms with Crippen molar-refractivity contribution >= 4 is 5.69 Å². The summed E-state index contributed by atoms with van der Waals surface area (Å²) in [6.45, 7) is 2.09. The van der Waals surface area contributed by atoms with Crippen molar-refractivity contribution in [2.45, 2.75) is 18.8 Å². The van der Waals surface area contributed by atoms with Crippen LogP contribution in [0.15, 0.2) is 18.2 Å². The maximum Gasteiger partial charge on any atom is 0.146 e. The van der Waals surface area contributed by atoms with Gasteiger partial charge in [0.05, 0.1) is 5.69 Å². The maximum absolute atomic E-state index is 13.8. The highest BCUT2D eigenvalue weighted by Crippen LogP contribution is 2.28. The van der Waals surface area contributed by atoms with Crippen LogP contribution < -0.4 is 10.2 Å². The second-order valence-corrected chi connectivity index (χ2v) is 4.63. The number of anilines is 1. The highest BCUT2D eigenvalue weighted by Gasteiger charge is 2.16. The zero-order valence-corrected chi connectivity index (χ0v) is 9.96. The second-order valence-electron chi connectivity index (χ2n) is 4.63. The molecule has 0 spiro atoms. The van der Waals surface area contributed by atoms with Crippen molar-refractivity contribution in [1.82, 2.24) is 5.32 Å². The number of nitrogens with zero attached hydrogens (tertiary/aromatic N) is 1. The van der Waals surface area contributed by atoms with Crippen molar-refractivity contribution in [3.05, 3.63) is 29.6 Å². The molecule has 0 aromatic heterocycles. The predicted octanol–water partition coefficient (Wildman–Crippen LogP) is 2.36. The topological polar surface area (TPSA) is 15.3 Å². The smallest absolute Gasteiger partial charge is 0.146 e. The highest BCUT2D eigenvalue weighted by molar-refractivity contribution is 5.48. The molecule has 0 amide bonds. The molecule has 1 aromatic rings. The largest absolute Gasteiger partial charge is 0.375 e. The lowest BCUT2D eigenvalue weighted by molar-refractivity contribution is 0.458. The van der Waals surface area contributed by atoms with Gasteiger partial charge in [-0.1, -0.05) is 6.07 Å². The molecule has 1 aliphatic rings. The van der Waals surface area contributed by atoms with Crippen LogP contribution in [0, 0.1) is 5.82 Å². The third-order valence-corrected chi connectivity index (χ3v) is 3.26. The summed E-state index contributed by atoms with van der Waals surface area (Å²) >= 11 is 0. The Morgan fingerprint density at radius 2 is 1.94 bits per heavy atom. The van der Waals surface area contributed by atoms with Gasteiger partial charge in [-0.05, 0) is 49.5 Å². The molecule has 0 saturated carbocycles. The fourth-order valence-electron chi connectivity index (χ4n) is 2.30. The van der Waals surface area contributed by atoms with Gasteiger partial charge >= 0.3 is 0 Å². The van der Waals surface area contributed by atoms with E-state index in [1.807, 2.05) is 25.1 Å². The van der Waals surface area contributed by atoms with Crippen LogP contribution >= 0.6 is 0 Å². The van der Waals surface area contributed by atoms with Crippen molar-refractivity contribution in [3.8, 4) is 0 Å². The van der Waals surface area contributed by atoms with Crippen LogP contribution in [-0.2, 0) is 0 Å². The number of benzene rings is 1. The van der Waals surface area contributed by atoms with Gasteiger partial charge < -0.3 is 10.2 Å². The van der Waals surface area contributed by atoms with Crippen molar-refractivity contribution in [2.24, 2.45) is 0 Å². The minimum absolute atomic E-state index is 0.110. The van der Waals surface area contributed by atoms with Crippen LogP contribution in [-0.4, -0.2) is 27.2 Å². The lowest BCUT2D eigenvalue weighted by atomic mass is 9.90. The molecular formula is C13H19FN2. The Bertz CT molecular complexity index is 357. The first-order valence-corrected chi connectivity index (χ1v) is 5.86. The predicted molar refractivity (Wildman–Crippen MR) is 65.6 cm³/mol. The number of piperidine rings is 1. The molecule has 1 aromatic carbocycles. The summed E-state index contributed by atoms with van der Waals surface area (Å²) < 4.78 is 13.8. The van der Waals surface area contributed by atoms with Gasteiger partial charge in [-0.2, -0.15) is 0 Å². The fraction of sp³-hybridized carbons (Fsp3) is 0.538. The average Bonchev–Trinajstić information content (AvgIpc) is 2.29. The van der Waals surface area contributed by atoms with Crippen LogP contribution in [0.4, 0.5) is 10.1 Å². The summed E-state index contributed by atoms with van der Waals surface area (Å²) in [7, 11) is 3.73. The van der Waals surface area contributed by atoms with E-state index in [1.54, 1.807) is 6.07 Å². The molecule has 16 heavy (non-hydrogen) atoms. The molecule has 1 heterocycles. The van der Waals surface area contributed by atoms with Crippen LogP contribution in [0.5, 0.6) is 0 Å². The summed E-state index contributed by atoms with van der Waals surface area (Å²) in [6.07, 6.45) is 2.22. The third-order valence-electron chi connectivity index (χ3n) is 3.26. The SMILES string of the molecule is CN(C)c1ccc(C2CCNCC2)cc1F. The quantitative estimate of drug-likeness (QED) is 0.826. The molecular weight excluding hydrogens is 203 g/mol. The standard InChI is InChI=1S/C13H19FN2/c1-16(2)13-4-3-11(9-12(13)14)10-5-7-15-8-6-10/h3-4,9-10,15H,5-8H2,1-2H3. The number of rotatable bonds is 2. The Morgan fingerprint density at radius 1 is 1.25 bits per heavy atom. The Balaban J connectivity index is 2.19. The van der Waals surface area contributed by atoms with Crippen molar-refractivity contribution in [2.75, 3.05) is 32.1 Å². The second kappa shape index (κ2) is 4.83. The van der Waals surface area contributed by atoms with Gasteiger partial charge in [0.25, 0.3) is 0 Å². The third kappa shape index (κ3) is 2.35. The highest BCUT2D eigenvalue weighted by atomic mass is 19.1. The molecule has 0 bridgehead atoms. The van der Waals surface area contributed by atoms with E-state index in [0.29, 0.717) is 11.6 Å². The van der Waals surface area contributed by atoms with E-state index in [9.17, 15) is 4.39 Å². The van der Waals surface area contributed by atoms with E-state index in [2.05, 4.69) is 11.4 Å². The normalized spacial score (nSPS) is 17.4. The Morgan fingerprint density at radius 3 is 2.50 bits per heavy atom. The van der Waals surface area contributed by atoms with Crippen LogP contribution in [0.2, 0.25) is 0 Å². The first-order valence-electron chi connectivity index (χ1n) is 5.86. The van der Waals surface area contributed by atoms with Gasteiger partial charge in [0, 0.05) is 14.1 Å². The Labute approximate surface area is 96.5 Å². The molecule has 0 atom stereocenters. The number of halogens is 1. The zero-order chi connectivity index (χ0) is 11.5. The van der Waals surface area contributed by atoms with Crippen LogP contribution in [0.3, 0.4) is 0 Å². The van der Waals surface area contributed by atoms with Crippen molar-refractivity contribution in [1.29, 1.82) is 0 Å². The molecule has 88 valence electrons. The molecule has 2 nitrogen and oxygen atoms in total. The number of hydrogen-bond acceptors (Lipinski definition) is 2.